The SMILES string of the molecule is O=C(c1ccccc1F)N1CCc2nc(C3CC3)nc(-c3ccc(O)cc3)c2CC1. The second kappa shape index (κ2) is 7.52. The number of hydrogen-bond donors (Lipinski definition) is 1. The maximum absolute atomic E-state index is 14.1. The van der Waals surface area contributed by atoms with Gasteiger partial charge in [-0.15, -0.1) is 0 Å². The van der Waals surface area contributed by atoms with E-state index in [0.29, 0.717) is 31.8 Å². The predicted molar refractivity (Wildman–Crippen MR) is 111 cm³/mol. The molecule has 1 aliphatic heterocycles. The summed E-state index contributed by atoms with van der Waals surface area (Å²) in [6, 6.07) is 13.2. The molecule has 5 nitrogen and oxygen atoms in total. The zero-order valence-electron chi connectivity index (χ0n) is 16.5. The van der Waals surface area contributed by atoms with Crippen LogP contribution in [0.1, 0.15) is 46.2 Å². The van der Waals surface area contributed by atoms with E-state index >= 15 is 0 Å². The Morgan fingerprint density at radius 3 is 2.47 bits per heavy atom. The lowest BCUT2D eigenvalue weighted by Crippen LogP contribution is -2.33. The standard InChI is InChI=1S/C24H22FN3O2/c25-20-4-2-1-3-18(20)24(30)28-13-11-19-21(12-14-28)26-23(16-5-6-16)27-22(19)15-7-9-17(29)10-8-15/h1-4,7-10,16,29H,5-6,11-14H2. The number of halogens is 1. The summed E-state index contributed by atoms with van der Waals surface area (Å²) in [5.74, 6) is 0.701. The van der Waals surface area contributed by atoms with Crippen LogP contribution in [-0.2, 0) is 12.8 Å². The van der Waals surface area contributed by atoms with Crippen LogP contribution >= 0.6 is 0 Å². The van der Waals surface area contributed by atoms with Crippen LogP contribution in [0.5, 0.6) is 5.75 Å². The molecule has 0 bridgehead atoms. The molecule has 152 valence electrons. The number of carbonyl (C=O) groups excluding carboxylic acids is 1. The zero-order chi connectivity index (χ0) is 20.7. The average Bonchev–Trinajstić information content (AvgIpc) is 3.60. The highest BCUT2D eigenvalue weighted by molar-refractivity contribution is 5.94. The van der Waals surface area contributed by atoms with Gasteiger partial charge in [-0.2, -0.15) is 0 Å². The van der Waals surface area contributed by atoms with Crippen LogP contribution in [0.2, 0.25) is 0 Å². The molecule has 1 N–H and O–H groups in total. The highest BCUT2D eigenvalue weighted by Crippen LogP contribution is 2.40. The topological polar surface area (TPSA) is 66.3 Å². The van der Waals surface area contributed by atoms with E-state index in [0.717, 1.165) is 41.2 Å². The minimum atomic E-state index is -0.496. The van der Waals surface area contributed by atoms with E-state index < -0.39 is 5.82 Å². The van der Waals surface area contributed by atoms with E-state index in [4.69, 9.17) is 9.97 Å². The Morgan fingerprint density at radius 2 is 1.73 bits per heavy atom. The molecule has 2 aliphatic rings. The third-order valence-corrected chi connectivity index (χ3v) is 5.84. The van der Waals surface area contributed by atoms with Crippen LogP contribution in [0.15, 0.2) is 48.5 Å². The van der Waals surface area contributed by atoms with Gasteiger partial charge in [0.05, 0.1) is 11.3 Å². The van der Waals surface area contributed by atoms with Gasteiger partial charge >= 0.3 is 0 Å². The molecule has 1 amide bonds. The van der Waals surface area contributed by atoms with Crippen molar-refractivity contribution in [1.82, 2.24) is 14.9 Å². The Balaban J connectivity index is 1.49. The molecule has 5 rings (SSSR count). The number of rotatable bonds is 3. The molecule has 2 aromatic carbocycles. The van der Waals surface area contributed by atoms with Gasteiger partial charge in [-0.25, -0.2) is 14.4 Å². The first kappa shape index (κ1) is 18.7. The van der Waals surface area contributed by atoms with E-state index in [-0.39, 0.29) is 17.2 Å². The molecule has 0 unspecified atom stereocenters. The molecule has 1 fully saturated rings. The van der Waals surface area contributed by atoms with Gasteiger partial charge < -0.3 is 10.0 Å². The number of phenolic OH excluding ortho intramolecular Hbond substituents is 1. The van der Waals surface area contributed by atoms with Crippen molar-refractivity contribution in [1.29, 1.82) is 0 Å². The van der Waals surface area contributed by atoms with Crippen molar-refractivity contribution in [3.05, 3.63) is 77.0 Å². The third kappa shape index (κ3) is 3.54. The first-order chi connectivity index (χ1) is 14.6. The molecule has 1 saturated carbocycles. The summed E-state index contributed by atoms with van der Waals surface area (Å²) in [6.45, 7) is 0.980. The molecule has 2 heterocycles. The monoisotopic (exact) mass is 403 g/mol. The van der Waals surface area contributed by atoms with Gasteiger partial charge in [0.1, 0.15) is 17.4 Å². The second-order valence-electron chi connectivity index (χ2n) is 7.95. The lowest BCUT2D eigenvalue weighted by atomic mass is 10.0. The summed E-state index contributed by atoms with van der Waals surface area (Å²) in [5, 5.41) is 9.66. The first-order valence-electron chi connectivity index (χ1n) is 10.3. The summed E-state index contributed by atoms with van der Waals surface area (Å²) < 4.78 is 14.1. The van der Waals surface area contributed by atoms with Crippen LogP contribution in [0.25, 0.3) is 11.3 Å². The van der Waals surface area contributed by atoms with Crippen LogP contribution in [-0.4, -0.2) is 39.0 Å². The Kier molecular flexibility index (Phi) is 4.69. The van der Waals surface area contributed by atoms with Crippen molar-refractivity contribution < 1.29 is 14.3 Å². The van der Waals surface area contributed by atoms with Crippen LogP contribution < -0.4 is 0 Å². The van der Waals surface area contributed by atoms with E-state index in [1.54, 1.807) is 29.2 Å². The quantitative estimate of drug-likeness (QED) is 0.715. The summed E-state index contributed by atoms with van der Waals surface area (Å²) in [4.78, 5) is 24.4. The number of amides is 1. The minimum Gasteiger partial charge on any atom is -0.508 e. The lowest BCUT2D eigenvalue weighted by Gasteiger charge is -2.20. The molecular weight excluding hydrogens is 381 g/mol. The van der Waals surface area contributed by atoms with Gasteiger partial charge in [0.2, 0.25) is 0 Å². The highest BCUT2D eigenvalue weighted by atomic mass is 19.1. The first-order valence-corrected chi connectivity index (χ1v) is 10.3. The highest BCUT2D eigenvalue weighted by Gasteiger charge is 2.30. The number of aromatic hydroxyl groups is 1. The average molecular weight is 403 g/mol. The summed E-state index contributed by atoms with van der Waals surface area (Å²) in [6.07, 6.45) is 3.43. The van der Waals surface area contributed by atoms with Crippen molar-refractivity contribution in [3.63, 3.8) is 0 Å². The predicted octanol–water partition coefficient (Wildman–Crippen LogP) is 4.11. The van der Waals surface area contributed by atoms with Crippen molar-refractivity contribution >= 4 is 5.91 Å². The second-order valence-corrected chi connectivity index (χ2v) is 7.95. The van der Waals surface area contributed by atoms with E-state index in [9.17, 15) is 14.3 Å². The summed E-state index contributed by atoms with van der Waals surface area (Å²) in [7, 11) is 0. The normalized spacial score (nSPS) is 16.1. The van der Waals surface area contributed by atoms with E-state index in [1.165, 1.54) is 12.1 Å². The number of carbonyl (C=O) groups is 1. The van der Waals surface area contributed by atoms with Crippen molar-refractivity contribution in [2.24, 2.45) is 0 Å². The maximum atomic E-state index is 14.1. The van der Waals surface area contributed by atoms with Gasteiger partial charge in [-0.05, 0) is 55.7 Å². The fourth-order valence-corrected chi connectivity index (χ4v) is 4.01. The molecule has 0 radical (unpaired) electrons. The lowest BCUT2D eigenvalue weighted by molar-refractivity contribution is 0.0758. The van der Waals surface area contributed by atoms with Crippen molar-refractivity contribution in [3.8, 4) is 17.0 Å². The largest absolute Gasteiger partial charge is 0.508 e. The summed E-state index contributed by atoms with van der Waals surface area (Å²) in [5.41, 5.74) is 3.92. The Labute approximate surface area is 174 Å². The van der Waals surface area contributed by atoms with Crippen LogP contribution in [0.4, 0.5) is 4.39 Å². The number of nitrogens with zero attached hydrogens (tertiary/aromatic N) is 3. The summed E-state index contributed by atoms with van der Waals surface area (Å²) >= 11 is 0. The zero-order valence-corrected chi connectivity index (χ0v) is 16.5. The molecule has 0 atom stereocenters. The number of aromatic nitrogens is 2. The van der Waals surface area contributed by atoms with Crippen LogP contribution in [0, 0.1) is 5.82 Å². The fourth-order valence-electron chi connectivity index (χ4n) is 4.01. The molecular formula is C24H22FN3O2. The number of hydrogen-bond acceptors (Lipinski definition) is 4. The number of fused-ring (bicyclic) bond motifs is 1. The number of phenols is 1. The molecule has 3 aromatic rings. The van der Waals surface area contributed by atoms with Gasteiger partial charge in [-0.1, -0.05) is 12.1 Å². The van der Waals surface area contributed by atoms with Gasteiger partial charge in [0.15, 0.2) is 0 Å². The Morgan fingerprint density at radius 1 is 1.00 bits per heavy atom. The fraction of sp³-hybridized carbons (Fsp3) is 0.292. The van der Waals surface area contributed by atoms with Gasteiger partial charge in [0, 0.05) is 42.2 Å². The molecule has 0 saturated heterocycles. The van der Waals surface area contributed by atoms with E-state index in [1.807, 2.05) is 12.1 Å². The number of benzene rings is 2. The van der Waals surface area contributed by atoms with Crippen molar-refractivity contribution in [2.75, 3.05) is 13.1 Å². The maximum Gasteiger partial charge on any atom is 0.256 e. The third-order valence-electron chi connectivity index (χ3n) is 5.84. The molecule has 1 aromatic heterocycles. The van der Waals surface area contributed by atoms with Gasteiger partial charge in [0.25, 0.3) is 5.91 Å². The van der Waals surface area contributed by atoms with E-state index in [2.05, 4.69) is 0 Å². The molecule has 30 heavy (non-hydrogen) atoms. The molecule has 0 spiro atoms. The Hall–Kier alpha value is -3.28. The van der Waals surface area contributed by atoms with Crippen molar-refractivity contribution in [2.45, 2.75) is 31.6 Å². The molecule has 1 aliphatic carbocycles. The smallest absolute Gasteiger partial charge is 0.256 e. The minimum absolute atomic E-state index is 0.104. The van der Waals surface area contributed by atoms with Gasteiger partial charge in [-0.3, -0.25) is 4.79 Å². The Bertz CT molecular complexity index is 1110. The van der Waals surface area contributed by atoms with Crippen LogP contribution in [0.3, 0.4) is 0 Å². The molecule has 6 heteroatoms.